The van der Waals surface area contributed by atoms with Crippen molar-refractivity contribution in [2.24, 2.45) is 0 Å². The number of carbonyl (C=O) groups excluding carboxylic acids is 2. The van der Waals surface area contributed by atoms with Crippen molar-refractivity contribution >= 4 is 28.2 Å². The predicted molar refractivity (Wildman–Crippen MR) is 66.6 cm³/mol. The summed E-state index contributed by atoms with van der Waals surface area (Å²) in [5.74, 6) is -0.768. The molecule has 2 amide bonds. The van der Waals surface area contributed by atoms with Gasteiger partial charge in [-0.15, -0.1) is 0 Å². The maximum Gasteiger partial charge on any atom is 0.324 e. The maximum atomic E-state index is 11.6. The van der Waals surface area contributed by atoms with Gasteiger partial charge in [-0.2, -0.15) is 0 Å². The molecular formula is C10H13N3O4S. The molecule has 0 aliphatic carbocycles. The molecule has 0 atom stereocenters. The number of nitrogens with one attached hydrogen (secondary N) is 2. The van der Waals surface area contributed by atoms with Gasteiger partial charge in [0.15, 0.2) is 0 Å². The van der Waals surface area contributed by atoms with Gasteiger partial charge < -0.3 is 10.6 Å². The van der Waals surface area contributed by atoms with Crippen LogP contribution in [0.15, 0.2) is 12.1 Å². The van der Waals surface area contributed by atoms with E-state index in [1.807, 2.05) is 6.92 Å². The topological polar surface area (TPSA) is 101 Å². The third kappa shape index (κ3) is 4.13. The second kappa shape index (κ2) is 6.70. The second-order valence-corrected chi connectivity index (χ2v) is 4.49. The van der Waals surface area contributed by atoms with E-state index in [0.717, 1.165) is 17.8 Å². The van der Waals surface area contributed by atoms with Gasteiger partial charge in [-0.25, -0.2) is 0 Å². The van der Waals surface area contributed by atoms with E-state index in [9.17, 15) is 19.7 Å². The van der Waals surface area contributed by atoms with Gasteiger partial charge in [0.1, 0.15) is 0 Å². The SMILES string of the molecule is CCCNC(=O)CNC(=O)c1ccc([N+](=O)[O-])s1. The van der Waals surface area contributed by atoms with Crippen LogP contribution in [0.5, 0.6) is 0 Å². The molecule has 0 saturated heterocycles. The second-order valence-electron chi connectivity index (χ2n) is 3.43. The fraction of sp³-hybridized carbons (Fsp3) is 0.400. The summed E-state index contributed by atoms with van der Waals surface area (Å²) in [7, 11) is 0. The largest absolute Gasteiger partial charge is 0.355 e. The van der Waals surface area contributed by atoms with Gasteiger partial charge in [-0.3, -0.25) is 19.7 Å². The third-order valence-corrected chi connectivity index (χ3v) is 3.01. The molecule has 0 aliphatic rings. The molecule has 8 heteroatoms. The van der Waals surface area contributed by atoms with E-state index >= 15 is 0 Å². The summed E-state index contributed by atoms with van der Waals surface area (Å²) in [6.45, 7) is 2.34. The standard InChI is InChI=1S/C10H13N3O4S/c1-2-5-11-8(14)6-12-10(15)7-3-4-9(18-7)13(16)17/h3-4H,2,5-6H2,1H3,(H,11,14)(H,12,15). The Morgan fingerprint density at radius 2 is 2.11 bits per heavy atom. The summed E-state index contributed by atoms with van der Waals surface area (Å²) >= 11 is 0.776. The Morgan fingerprint density at radius 3 is 2.67 bits per heavy atom. The molecular weight excluding hydrogens is 258 g/mol. The molecule has 2 N–H and O–H groups in total. The molecule has 0 fully saturated rings. The van der Waals surface area contributed by atoms with Crippen molar-refractivity contribution in [3.05, 3.63) is 27.1 Å². The number of amides is 2. The highest BCUT2D eigenvalue weighted by Gasteiger charge is 2.15. The minimum Gasteiger partial charge on any atom is -0.355 e. The minimum atomic E-state index is -0.560. The zero-order chi connectivity index (χ0) is 13.5. The summed E-state index contributed by atoms with van der Waals surface area (Å²) in [6, 6.07) is 2.62. The summed E-state index contributed by atoms with van der Waals surface area (Å²) in [5, 5.41) is 15.3. The van der Waals surface area contributed by atoms with Crippen LogP contribution in [0.25, 0.3) is 0 Å². The molecule has 0 aromatic carbocycles. The lowest BCUT2D eigenvalue weighted by atomic mass is 10.4. The summed E-state index contributed by atoms with van der Waals surface area (Å²) in [4.78, 5) is 32.9. The van der Waals surface area contributed by atoms with Crippen LogP contribution in [0.1, 0.15) is 23.0 Å². The molecule has 1 aromatic rings. The normalized spacial score (nSPS) is 9.83. The van der Waals surface area contributed by atoms with Crippen LogP contribution < -0.4 is 10.6 Å². The van der Waals surface area contributed by atoms with E-state index in [4.69, 9.17) is 0 Å². The van der Waals surface area contributed by atoms with Crippen molar-refractivity contribution in [3.63, 3.8) is 0 Å². The summed E-state index contributed by atoms with van der Waals surface area (Å²) in [5.41, 5.74) is 0. The third-order valence-electron chi connectivity index (χ3n) is 1.98. The Bertz CT molecular complexity index is 458. The Morgan fingerprint density at radius 1 is 1.39 bits per heavy atom. The van der Waals surface area contributed by atoms with E-state index in [0.29, 0.717) is 6.54 Å². The number of rotatable bonds is 6. The zero-order valence-corrected chi connectivity index (χ0v) is 10.6. The molecule has 1 rings (SSSR count). The highest BCUT2D eigenvalue weighted by atomic mass is 32.1. The first-order valence-electron chi connectivity index (χ1n) is 5.33. The molecule has 98 valence electrons. The number of hydrogen-bond donors (Lipinski definition) is 2. The summed E-state index contributed by atoms with van der Waals surface area (Å²) < 4.78 is 0. The minimum absolute atomic E-state index is 0.101. The van der Waals surface area contributed by atoms with Crippen molar-refractivity contribution in [1.82, 2.24) is 10.6 Å². The van der Waals surface area contributed by atoms with Crippen LogP contribution in [0.4, 0.5) is 5.00 Å². The molecule has 0 unspecified atom stereocenters. The van der Waals surface area contributed by atoms with Crippen molar-refractivity contribution < 1.29 is 14.5 Å². The number of carbonyl (C=O) groups is 2. The van der Waals surface area contributed by atoms with E-state index in [-0.39, 0.29) is 22.3 Å². The quantitative estimate of drug-likeness (QED) is 0.593. The van der Waals surface area contributed by atoms with Gasteiger partial charge >= 0.3 is 5.00 Å². The molecule has 0 bridgehead atoms. The lowest BCUT2D eigenvalue weighted by Crippen LogP contribution is -2.36. The van der Waals surface area contributed by atoms with E-state index in [1.165, 1.54) is 12.1 Å². The van der Waals surface area contributed by atoms with Crippen LogP contribution in [-0.2, 0) is 4.79 Å². The van der Waals surface area contributed by atoms with Gasteiger partial charge in [0.25, 0.3) is 5.91 Å². The molecule has 7 nitrogen and oxygen atoms in total. The van der Waals surface area contributed by atoms with E-state index in [1.54, 1.807) is 0 Å². The molecule has 0 saturated carbocycles. The van der Waals surface area contributed by atoms with E-state index < -0.39 is 10.8 Å². The predicted octanol–water partition coefficient (Wildman–Crippen LogP) is 0.912. The first-order valence-corrected chi connectivity index (χ1v) is 6.15. The molecule has 1 aromatic heterocycles. The Balaban J connectivity index is 2.45. The van der Waals surface area contributed by atoms with E-state index in [2.05, 4.69) is 10.6 Å². The molecule has 0 radical (unpaired) electrons. The molecule has 0 aliphatic heterocycles. The Hall–Kier alpha value is -1.96. The zero-order valence-electron chi connectivity index (χ0n) is 9.76. The molecule has 18 heavy (non-hydrogen) atoms. The van der Waals surface area contributed by atoms with Crippen LogP contribution in [0, 0.1) is 10.1 Å². The lowest BCUT2D eigenvalue weighted by molar-refractivity contribution is -0.380. The molecule has 1 heterocycles. The van der Waals surface area contributed by atoms with Crippen LogP contribution in [0.2, 0.25) is 0 Å². The van der Waals surface area contributed by atoms with Gasteiger partial charge in [0.2, 0.25) is 5.91 Å². The Labute approximate surface area is 107 Å². The van der Waals surface area contributed by atoms with Crippen LogP contribution >= 0.6 is 11.3 Å². The van der Waals surface area contributed by atoms with Gasteiger partial charge in [0.05, 0.1) is 16.3 Å². The van der Waals surface area contributed by atoms with Gasteiger partial charge in [0, 0.05) is 12.6 Å². The average molecular weight is 271 g/mol. The Kier molecular flexibility index (Phi) is 5.25. The first-order chi connectivity index (χ1) is 8.54. The average Bonchev–Trinajstić information content (AvgIpc) is 2.83. The smallest absolute Gasteiger partial charge is 0.324 e. The van der Waals surface area contributed by atoms with Crippen molar-refractivity contribution in [2.45, 2.75) is 13.3 Å². The van der Waals surface area contributed by atoms with Crippen LogP contribution in [-0.4, -0.2) is 29.8 Å². The van der Waals surface area contributed by atoms with Gasteiger partial charge in [-0.05, 0) is 12.5 Å². The lowest BCUT2D eigenvalue weighted by Gasteiger charge is -2.04. The van der Waals surface area contributed by atoms with Gasteiger partial charge in [-0.1, -0.05) is 18.3 Å². The monoisotopic (exact) mass is 271 g/mol. The maximum absolute atomic E-state index is 11.6. The highest BCUT2D eigenvalue weighted by molar-refractivity contribution is 7.17. The van der Waals surface area contributed by atoms with Crippen LogP contribution in [0.3, 0.4) is 0 Å². The number of nitro groups is 1. The number of thiophene rings is 1. The molecule has 0 spiro atoms. The first kappa shape index (κ1) is 14.1. The number of nitrogens with zero attached hydrogens (tertiary/aromatic N) is 1. The summed E-state index contributed by atoms with van der Waals surface area (Å²) in [6.07, 6.45) is 0.816. The van der Waals surface area contributed by atoms with Crippen molar-refractivity contribution in [1.29, 1.82) is 0 Å². The van der Waals surface area contributed by atoms with Crippen molar-refractivity contribution in [3.8, 4) is 0 Å². The fourth-order valence-electron chi connectivity index (χ4n) is 1.12. The van der Waals surface area contributed by atoms with Crippen molar-refractivity contribution in [2.75, 3.05) is 13.1 Å². The highest BCUT2D eigenvalue weighted by Crippen LogP contribution is 2.23. The fourth-order valence-corrected chi connectivity index (χ4v) is 1.86. The number of hydrogen-bond acceptors (Lipinski definition) is 5.